The monoisotopic (exact) mass is 281 g/mol. The lowest BCUT2D eigenvalue weighted by molar-refractivity contribution is 0.509. The van der Waals surface area contributed by atoms with Crippen molar-refractivity contribution in [3.63, 3.8) is 0 Å². The summed E-state index contributed by atoms with van der Waals surface area (Å²) in [6.07, 6.45) is 0. The van der Waals surface area contributed by atoms with Gasteiger partial charge in [0.1, 0.15) is 0 Å². The predicted molar refractivity (Wildman–Crippen MR) is 74.2 cm³/mol. The molecule has 0 radical (unpaired) electrons. The number of nitrogens with one attached hydrogen (secondary N) is 1. The molecule has 0 aliphatic rings. The van der Waals surface area contributed by atoms with E-state index in [-0.39, 0.29) is 0 Å². The highest BCUT2D eigenvalue weighted by Crippen LogP contribution is 2.26. The molecule has 0 spiro atoms. The van der Waals surface area contributed by atoms with Crippen LogP contribution in [0.5, 0.6) is 0 Å². The molecule has 0 heterocycles. The summed E-state index contributed by atoms with van der Waals surface area (Å²) in [5, 5.41) is 3.80. The van der Waals surface area contributed by atoms with Gasteiger partial charge in [-0.25, -0.2) is 8.78 Å². The Hall–Kier alpha value is -1.45. The molecule has 0 atom stereocenters. The second-order valence-corrected chi connectivity index (χ2v) is 4.62. The van der Waals surface area contributed by atoms with Gasteiger partial charge in [-0.2, -0.15) is 0 Å². The van der Waals surface area contributed by atoms with Crippen LogP contribution in [0.2, 0.25) is 5.02 Å². The van der Waals surface area contributed by atoms with E-state index >= 15 is 0 Å². The van der Waals surface area contributed by atoms with Gasteiger partial charge in [-0.3, -0.25) is 0 Å². The zero-order valence-electron chi connectivity index (χ0n) is 10.5. The van der Waals surface area contributed by atoms with Crippen molar-refractivity contribution in [2.75, 3.05) is 6.54 Å². The van der Waals surface area contributed by atoms with Crippen LogP contribution >= 0.6 is 11.6 Å². The summed E-state index contributed by atoms with van der Waals surface area (Å²) < 4.78 is 26.1. The Balaban J connectivity index is 2.30. The van der Waals surface area contributed by atoms with Crippen molar-refractivity contribution in [2.24, 2.45) is 0 Å². The van der Waals surface area contributed by atoms with E-state index in [4.69, 9.17) is 11.6 Å². The quantitative estimate of drug-likeness (QED) is 0.876. The molecule has 0 aromatic heterocycles. The fourth-order valence-corrected chi connectivity index (χ4v) is 2.05. The third-order valence-corrected chi connectivity index (χ3v) is 3.22. The van der Waals surface area contributed by atoms with Crippen LogP contribution in [0, 0.1) is 11.6 Å². The molecule has 19 heavy (non-hydrogen) atoms. The van der Waals surface area contributed by atoms with Crippen molar-refractivity contribution >= 4 is 11.6 Å². The van der Waals surface area contributed by atoms with Crippen LogP contribution in [0.15, 0.2) is 36.4 Å². The normalized spacial score (nSPS) is 10.7. The minimum Gasteiger partial charge on any atom is -0.313 e. The molecule has 1 N–H and O–H groups in total. The van der Waals surface area contributed by atoms with E-state index in [1.54, 1.807) is 6.07 Å². The number of benzene rings is 2. The Bertz CT molecular complexity index is 584. The van der Waals surface area contributed by atoms with E-state index in [0.717, 1.165) is 23.7 Å². The summed E-state index contributed by atoms with van der Waals surface area (Å²) in [6.45, 7) is 3.57. The van der Waals surface area contributed by atoms with E-state index in [0.29, 0.717) is 17.1 Å². The maximum absolute atomic E-state index is 13.2. The SMILES string of the molecule is CCNCc1ccc(-c2ccc(F)c(F)c2)cc1Cl. The molecule has 2 aromatic rings. The van der Waals surface area contributed by atoms with Gasteiger partial charge in [-0.05, 0) is 41.4 Å². The lowest BCUT2D eigenvalue weighted by Crippen LogP contribution is -2.11. The summed E-state index contributed by atoms with van der Waals surface area (Å²) in [5.41, 5.74) is 2.36. The standard InChI is InChI=1S/C15H14ClF2N/c1-2-19-9-12-4-3-10(7-13(12)16)11-5-6-14(17)15(18)8-11/h3-8,19H,2,9H2,1H3. The maximum atomic E-state index is 13.2. The fraction of sp³-hybridized carbons (Fsp3) is 0.200. The van der Waals surface area contributed by atoms with E-state index in [2.05, 4.69) is 5.32 Å². The number of rotatable bonds is 4. The van der Waals surface area contributed by atoms with E-state index in [1.807, 2.05) is 19.1 Å². The average molecular weight is 282 g/mol. The molecule has 2 rings (SSSR count). The third-order valence-electron chi connectivity index (χ3n) is 2.87. The van der Waals surface area contributed by atoms with Crippen molar-refractivity contribution in [1.29, 1.82) is 0 Å². The molecule has 1 nitrogen and oxygen atoms in total. The van der Waals surface area contributed by atoms with Crippen LogP contribution in [0.25, 0.3) is 11.1 Å². The lowest BCUT2D eigenvalue weighted by Gasteiger charge is -2.08. The molecule has 4 heteroatoms. The highest BCUT2D eigenvalue weighted by atomic mass is 35.5. The van der Waals surface area contributed by atoms with Gasteiger partial charge in [0.2, 0.25) is 0 Å². The molecule has 0 aliphatic heterocycles. The van der Waals surface area contributed by atoms with Gasteiger partial charge < -0.3 is 5.32 Å². The first-order chi connectivity index (χ1) is 9.11. The van der Waals surface area contributed by atoms with Gasteiger partial charge in [-0.15, -0.1) is 0 Å². The largest absolute Gasteiger partial charge is 0.313 e. The van der Waals surface area contributed by atoms with Crippen molar-refractivity contribution in [3.05, 3.63) is 58.6 Å². The minimum absolute atomic E-state index is 0.607. The second kappa shape index (κ2) is 6.13. The summed E-state index contributed by atoms with van der Waals surface area (Å²) in [5.74, 6) is -1.70. The van der Waals surface area contributed by atoms with E-state index in [1.165, 1.54) is 12.1 Å². The Labute approximate surface area is 116 Å². The summed E-state index contributed by atoms with van der Waals surface area (Å²) in [7, 11) is 0. The number of halogens is 3. The van der Waals surface area contributed by atoms with Crippen LogP contribution < -0.4 is 5.32 Å². The molecule has 0 bridgehead atoms. The summed E-state index contributed by atoms with van der Waals surface area (Å²) >= 11 is 6.18. The molecule has 0 aliphatic carbocycles. The van der Waals surface area contributed by atoms with Crippen LogP contribution in [0.4, 0.5) is 8.78 Å². The predicted octanol–water partition coefficient (Wildman–Crippen LogP) is 4.39. The number of hydrogen-bond donors (Lipinski definition) is 1. The Morgan fingerprint density at radius 2 is 1.68 bits per heavy atom. The van der Waals surface area contributed by atoms with Gasteiger partial charge in [0.15, 0.2) is 11.6 Å². The topological polar surface area (TPSA) is 12.0 Å². The highest BCUT2D eigenvalue weighted by molar-refractivity contribution is 6.31. The minimum atomic E-state index is -0.856. The van der Waals surface area contributed by atoms with E-state index < -0.39 is 11.6 Å². The van der Waals surface area contributed by atoms with Gasteiger partial charge in [-0.1, -0.05) is 36.7 Å². The molecule has 0 saturated heterocycles. The molecule has 0 saturated carbocycles. The lowest BCUT2D eigenvalue weighted by atomic mass is 10.0. The van der Waals surface area contributed by atoms with Crippen LogP contribution in [-0.2, 0) is 6.54 Å². The van der Waals surface area contributed by atoms with Gasteiger partial charge in [0.25, 0.3) is 0 Å². The molecule has 2 aromatic carbocycles. The number of hydrogen-bond acceptors (Lipinski definition) is 1. The maximum Gasteiger partial charge on any atom is 0.159 e. The first-order valence-electron chi connectivity index (χ1n) is 6.06. The van der Waals surface area contributed by atoms with Gasteiger partial charge in [0, 0.05) is 11.6 Å². The van der Waals surface area contributed by atoms with Gasteiger partial charge >= 0.3 is 0 Å². The van der Waals surface area contributed by atoms with Crippen LogP contribution in [-0.4, -0.2) is 6.54 Å². The van der Waals surface area contributed by atoms with Crippen LogP contribution in [0.3, 0.4) is 0 Å². The molecule has 100 valence electrons. The van der Waals surface area contributed by atoms with Crippen molar-refractivity contribution in [1.82, 2.24) is 5.32 Å². The van der Waals surface area contributed by atoms with Gasteiger partial charge in [0.05, 0.1) is 0 Å². The zero-order valence-corrected chi connectivity index (χ0v) is 11.3. The summed E-state index contributed by atoms with van der Waals surface area (Å²) in [6, 6.07) is 9.33. The third kappa shape index (κ3) is 3.31. The second-order valence-electron chi connectivity index (χ2n) is 4.22. The molecule has 0 unspecified atom stereocenters. The molecular weight excluding hydrogens is 268 g/mol. The van der Waals surface area contributed by atoms with E-state index in [9.17, 15) is 8.78 Å². The molecule has 0 fully saturated rings. The fourth-order valence-electron chi connectivity index (χ4n) is 1.81. The van der Waals surface area contributed by atoms with Crippen molar-refractivity contribution < 1.29 is 8.78 Å². The summed E-state index contributed by atoms with van der Waals surface area (Å²) in [4.78, 5) is 0. The molecule has 0 amide bonds. The van der Waals surface area contributed by atoms with Crippen LogP contribution in [0.1, 0.15) is 12.5 Å². The Morgan fingerprint density at radius 3 is 2.32 bits per heavy atom. The highest BCUT2D eigenvalue weighted by Gasteiger charge is 2.07. The Morgan fingerprint density at radius 1 is 1.00 bits per heavy atom. The smallest absolute Gasteiger partial charge is 0.159 e. The first-order valence-corrected chi connectivity index (χ1v) is 6.44. The van der Waals surface area contributed by atoms with Crippen molar-refractivity contribution in [3.8, 4) is 11.1 Å². The first kappa shape index (κ1) is 14.0. The molecular formula is C15H14ClF2N. The Kier molecular flexibility index (Phi) is 4.51. The average Bonchev–Trinajstić information content (AvgIpc) is 2.40. The van der Waals surface area contributed by atoms with Crippen molar-refractivity contribution in [2.45, 2.75) is 13.5 Å². The zero-order chi connectivity index (χ0) is 13.8.